The van der Waals surface area contributed by atoms with Gasteiger partial charge in [0.15, 0.2) is 0 Å². The van der Waals surface area contributed by atoms with E-state index in [0.29, 0.717) is 12.2 Å². The van der Waals surface area contributed by atoms with Crippen molar-refractivity contribution in [3.05, 3.63) is 15.8 Å². The average Bonchev–Trinajstić information content (AvgIpc) is 2.96. The summed E-state index contributed by atoms with van der Waals surface area (Å²) in [6.45, 7) is 3.96. The fraction of sp³-hybridized carbons (Fsp3) is 0.583. The van der Waals surface area contributed by atoms with E-state index in [1.165, 1.54) is 5.38 Å². The molecular weight excluding hydrogens is 302 g/mol. The van der Waals surface area contributed by atoms with Gasteiger partial charge < -0.3 is 9.84 Å². The Balaban J connectivity index is 2.26. The highest BCUT2D eigenvalue weighted by molar-refractivity contribution is 7.89. The Hall–Kier alpha value is -0.960. The lowest BCUT2D eigenvalue weighted by Crippen LogP contribution is -2.41. The van der Waals surface area contributed by atoms with Gasteiger partial charge in [-0.15, -0.1) is 11.3 Å². The van der Waals surface area contributed by atoms with Crippen molar-refractivity contribution < 1.29 is 23.1 Å². The third kappa shape index (κ3) is 3.03. The lowest BCUT2D eigenvalue weighted by Gasteiger charge is -2.20. The van der Waals surface area contributed by atoms with Gasteiger partial charge in [-0.25, -0.2) is 17.9 Å². The molecule has 6 nitrogen and oxygen atoms in total. The number of rotatable bonds is 5. The van der Waals surface area contributed by atoms with Crippen LogP contribution in [0.25, 0.3) is 0 Å². The molecule has 0 amide bonds. The molecule has 2 atom stereocenters. The predicted molar refractivity (Wildman–Crippen MR) is 74.8 cm³/mol. The number of sulfonamides is 1. The van der Waals surface area contributed by atoms with Crippen LogP contribution in [0.15, 0.2) is 10.3 Å². The number of carboxylic acids is 1. The van der Waals surface area contributed by atoms with E-state index >= 15 is 0 Å². The molecule has 2 heterocycles. The minimum absolute atomic E-state index is 0.139. The summed E-state index contributed by atoms with van der Waals surface area (Å²) in [7, 11) is -3.86. The van der Waals surface area contributed by atoms with Crippen LogP contribution in [0.2, 0.25) is 0 Å². The van der Waals surface area contributed by atoms with E-state index in [1.807, 2.05) is 0 Å². The molecule has 2 rings (SSSR count). The first-order valence-corrected chi connectivity index (χ1v) is 8.64. The number of nitrogens with one attached hydrogen (secondary N) is 1. The minimum atomic E-state index is -3.86. The van der Waals surface area contributed by atoms with Gasteiger partial charge in [0.2, 0.25) is 10.0 Å². The second kappa shape index (κ2) is 5.80. The third-order valence-corrected chi connectivity index (χ3v) is 6.21. The second-order valence-electron chi connectivity index (χ2n) is 4.84. The molecule has 0 saturated carbocycles. The fourth-order valence-corrected chi connectivity index (χ4v) is 5.19. The van der Waals surface area contributed by atoms with Gasteiger partial charge in [0.05, 0.1) is 6.10 Å². The number of carboxylic acid groups (broad SMARTS) is 1. The first-order valence-electron chi connectivity index (χ1n) is 6.28. The molecule has 1 saturated heterocycles. The number of aryl methyl sites for hydroxylation is 1. The Morgan fingerprint density at radius 3 is 2.85 bits per heavy atom. The average molecular weight is 319 g/mol. The SMILES string of the molecule is Cc1csc(C(=O)O)c1S(=O)(=O)NC(C)C1CCCO1. The van der Waals surface area contributed by atoms with Crippen molar-refractivity contribution in [1.29, 1.82) is 0 Å². The van der Waals surface area contributed by atoms with Crippen LogP contribution in [0, 0.1) is 6.92 Å². The number of thiophene rings is 1. The molecule has 0 radical (unpaired) electrons. The van der Waals surface area contributed by atoms with Crippen molar-refractivity contribution >= 4 is 27.3 Å². The lowest BCUT2D eigenvalue weighted by molar-refractivity contribution is 0.0698. The molecule has 1 aliphatic heterocycles. The molecule has 1 aromatic rings. The first kappa shape index (κ1) is 15.4. The van der Waals surface area contributed by atoms with Crippen molar-refractivity contribution in [2.75, 3.05) is 6.61 Å². The third-order valence-electron chi connectivity index (χ3n) is 3.24. The maximum Gasteiger partial charge on any atom is 0.347 e. The molecule has 1 fully saturated rings. The first-order chi connectivity index (χ1) is 9.33. The summed E-state index contributed by atoms with van der Waals surface area (Å²) < 4.78 is 32.7. The summed E-state index contributed by atoms with van der Waals surface area (Å²) in [5, 5.41) is 10.6. The second-order valence-corrected chi connectivity index (χ2v) is 7.37. The summed E-state index contributed by atoms with van der Waals surface area (Å²) in [6, 6.07) is -0.386. The number of carbonyl (C=O) groups is 1. The molecule has 20 heavy (non-hydrogen) atoms. The quantitative estimate of drug-likeness (QED) is 0.860. The molecule has 8 heteroatoms. The molecule has 2 unspecified atom stereocenters. The highest BCUT2D eigenvalue weighted by Crippen LogP contribution is 2.27. The maximum absolute atomic E-state index is 12.4. The Morgan fingerprint density at radius 1 is 1.60 bits per heavy atom. The fourth-order valence-electron chi connectivity index (χ4n) is 2.29. The van der Waals surface area contributed by atoms with E-state index < -0.39 is 16.0 Å². The molecule has 112 valence electrons. The molecule has 1 aliphatic rings. The zero-order valence-corrected chi connectivity index (χ0v) is 12.9. The zero-order valence-electron chi connectivity index (χ0n) is 11.3. The van der Waals surface area contributed by atoms with E-state index in [2.05, 4.69) is 4.72 Å². The van der Waals surface area contributed by atoms with E-state index in [9.17, 15) is 13.2 Å². The predicted octanol–water partition coefficient (Wildman–Crippen LogP) is 1.60. The number of hydrogen-bond acceptors (Lipinski definition) is 5. The van der Waals surface area contributed by atoms with E-state index in [-0.39, 0.29) is 21.9 Å². The Morgan fingerprint density at radius 2 is 2.30 bits per heavy atom. The van der Waals surface area contributed by atoms with Gasteiger partial charge in [0.1, 0.15) is 9.77 Å². The summed E-state index contributed by atoms with van der Waals surface area (Å²) in [6.07, 6.45) is 1.56. The Kier molecular flexibility index (Phi) is 4.48. The maximum atomic E-state index is 12.4. The Labute approximate surface area is 121 Å². The van der Waals surface area contributed by atoms with Crippen LogP contribution >= 0.6 is 11.3 Å². The molecule has 1 aromatic heterocycles. The van der Waals surface area contributed by atoms with Crippen LogP contribution in [-0.4, -0.2) is 38.2 Å². The van der Waals surface area contributed by atoms with Gasteiger partial charge in [0, 0.05) is 12.6 Å². The molecular formula is C12H17NO5S2. The number of hydrogen-bond donors (Lipinski definition) is 2. The highest BCUT2D eigenvalue weighted by atomic mass is 32.2. The normalized spacial score (nSPS) is 21.0. The van der Waals surface area contributed by atoms with Crippen molar-refractivity contribution in [2.24, 2.45) is 0 Å². The van der Waals surface area contributed by atoms with Gasteiger partial charge in [-0.2, -0.15) is 0 Å². The van der Waals surface area contributed by atoms with E-state index in [0.717, 1.165) is 24.2 Å². The van der Waals surface area contributed by atoms with Crippen LogP contribution in [0.3, 0.4) is 0 Å². The highest BCUT2D eigenvalue weighted by Gasteiger charge is 2.31. The van der Waals surface area contributed by atoms with Crippen LogP contribution in [0.1, 0.15) is 35.0 Å². The summed E-state index contributed by atoms with van der Waals surface area (Å²) in [5.41, 5.74) is 0.444. The van der Waals surface area contributed by atoms with Gasteiger partial charge >= 0.3 is 5.97 Å². The summed E-state index contributed by atoms with van der Waals surface area (Å²) in [4.78, 5) is 10.8. The van der Waals surface area contributed by atoms with Crippen molar-refractivity contribution in [1.82, 2.24) is 4.72 Å². The molecule has 2 N–H and O–H groups in total. The van der Waals surface area contributed by atoms with Gasteiger partial charge in [-0.1, -0.05) is 0 Å². The lowest BCUT2D eigenvalue weighted by atomic mass is 10.1. The van der Waals surface area contributed by atoms with E-state index in [4.69, 9.17) is 9.84 Å². The number of ether oxygens (including phenoxy) is 1. The van der Waals surface area contributed by atoms with Crippen LogP contribution in [0.4, 0.5) is 0 Å². The minimum Gasteiger partial charge on any atom is -0.477 e. The standard InChI is InChI=1S/C12H17NO5S2/c1-7-6-19-10(12(14)15)11(7)20(16,17)13-8(2)9-4-3-5-18-9/h6,8-9,13H,3-5H2,1-2H3,(H,14,15). The smallest absolute Gasteiger partial charge is 0.347 e. The van der Waals surface area contributed by atoms with Gasteiger partial charge in [-0.05, 0) is 37.6 Å². The van der Waals surface area contributed by atoms with Crippen LogP contribution < -0.4 is 4.72 Å². The largest absolute Gasteiger partial charge is 0.477 e. The monoisotopic (exact) mass is 319 g/mol. The summed E-state index contributed by atoms with van der Waals surface area (Å²) in [5.74, 6) is -1.23. The van der Waals surface area contributed by atoms with Gasteiger partial charge in [-0.3, -0.25) is 0 Å². The van der Waals surface area contributed by atoms with Crippen molar-refractivity contribution in [3.63, 3.8) is 0 Å². The van der Waals surface area contributed by atoms with Gasteiger partial charge in [0.25, 0.3) is 0 Å². The van der Waals surface area contributed by atoms with Crippen molar-refractivity contribution in [2.45, 2.75) is 43.7 Å². The number of aromatic carboxylic acids is 1. The summed E-state index contributed by atoms with van der Waals surface area (Å²) >= 11 is 0.921. The molecule has 0 bridgehead atoms. The van der Waals surface area contributed by atoms with Crippen molar-refractivity contribution in [3.8, 4) is 0 Å². The van der Waals surface area contributed by atoms with Crippen LogP contribution in [-0.2, 0) is 14.8 Å². The molecule has 0 aliphatic carbocycles. The topological polar surface area (TPSA) is 92.7 Å². The van der Waals surface area contributed by atoms with E-state index in [1.54, 1.807) is 13.8 Å². The molecule has 0 aromatic carbocycles. The zero-order chi connectivity index (χ0) is 14.9. The Bertz CT molecular complexity index is 601. The van der Waals surface area contributed by atoms with Crippen LogP contribution in [0.5, 0.6) is 0 Å². The molecule has 0 spiro atoms.